The minimum Gasteiger partial charge on any atom is -0.455 e. The van der Waals surface area contributed by atoms with E-state index in [1.807, 2.05) is 24.5 Å². The lowest BCUT2D eigenvalue weighted by Gasteiger charge is -2.22. The molecule has 3 heterocycles. The highest BCUT2D eigenvalue weighted by atomic mass is 16.3. The van der Waals surface area contributed by atoms with Crippen molar-refractivity contribution in [2.24, 2.45) is 0 Å². The SMILES string of the molecule is CC1(C)c2ccccc2-c2cc3c4ccccc4c4cc(-c5cnc(-c6cc(-c7cccc8c7oc7ccccc78)cc(-n7c8ccccc8c8ccccc87)c6)nc5)ccc4c3cc21. The van der Waals surface area contributed by atoms with Gasteiger partial charge in [-0.3, -0.25) is 0 Å². The Kier molecular flexibility index (Phi) is 7.42. The first-order valence-corrected chi connectivity index (χ1v) is 22.4. The summed E-state index contributed by atoms with van der Waals surface area (Å²) < 4.78 is 8.97. The third kappa shape index (κ3) is 5.19. The normalized spacial score (nSPS) is 13.2. The van der Waals surface area contributed by atoms with E-state index in [0.29, 0.717) is 5.82 Å². The topological polar surface area (TPSA) is 43.9 Å². The fraction of sp³-hybridized carbons (Fsp3) is 0.0492. The Morgan fingerprint density at radius 3 is 1.74 bits per heavy atom. The van der Waals surface area contributed by atoms with E-state index in [-0.39, 0.29) is 5.41 Å². The number of furan rings is 1. The van der Waals surface area contributed by atoms with Crippen LogP contribution in [0.25, 0.3) is 127 Å². The molecule has 4 heteroatoms. The summed E-state index contributed by atoms with van der Waals surface area (Å²) in [6, 6.07) is 68.2. The van der Waals surface area contributed by atoms with Crippen molar-refractivity contribution in [3.8, 4) is 50.5 Å². The molecule has 0 amide bonds. The number of rotatable bonds is 4. The number of para-hydroxylation sites is 4. The Morgan fingerprint density at radius 2 is 0.969 bits per heavy atom. The summed E-state index contributed by atoms with van der Waals surface area (Å²) in [5, 5.41) is 12.2. The molecule has 13 aromatic rings. The van der Waals surface area contributed by atoms with Crippen LogP contribution in [0.2, 0.25) is 0 Å². The van der Waals surface area contributed by atoms with Gasteiger partial charge in [-0.25, -0.2) is 9.97 Å². The smallest absolute Gasteiger partial charge is 0.159 e. The quantitative estimate of drug-likeness (QED) is 0.166. The van der Waals surface area contributed by atoms with Gasteiger partial charge in [-0.05, 0) is 120 Å². The number of aromatic nitrogens is 3. The van der Waals surface area contributed by atoms with Crippen LogP contribution in [-0.2, 0) is 5.41 Å². The average Bonchev–Trinajstić information content (AvgIpc) is 3.99. The molecule has 0 aliphatic heterocycles. The van der Waals surface area contributed by atoms with Crippen molar-refractivity contribution in [1.29, 1.82) is 0 Å². The summed E-state index contributed by atoms with van der Waals surface area (Å²) in [6.45, 7) is 4.72. The second-order valence-electron chi connectivity index (χ2n) is 18.1. The molecule has 1 aliphatic carbocycles. The van der Waals surface area contributed by atoms with Gasteiger partial charge in [0.05, 0.1) is 11.0 Å². The summed E-state index contributed by atoms with van der Waals surface area (Å²) in [5.74, 6) is 0.657. The van der Waals surface area contributed by atoms with Gasteiger partial charge < -0.3 is 8.98 Å². The molecule has 0 spiro atoms. The summed E-state index contributed by atoms with van der Waals surface area (Å²) in [4.78, 5) is 10.3. The van der Waals surface area contributed by atoms with Crippen molar-refractivity contribution in [2.75, 3.05) is 0 Å². The minimum absolute atomic E-state index is 0.0817. The number of benzene rings is 10. The zero-order valence-electron chi connectivity index (χ0n) is 35.8. The molecule has 0 saturated heterocycles. The van der Waals surface area contributed by atoms with Gasteiger partial charge in [0.15, 0.2) is 5.82 Å². The molecule has 0 fully saturated rings. The second-order valence-corrected chi connectivity index (χ2v) is 18.1. The third-order valence-electron chi connectivity index (χ3n) is 14.3. The van der Waals surface area contributed by atoms with Crippen LogP contribution in [0.1, 0.15) is 25.0 Å². The fourth-order valence-electron chi connectivity index (χ4n) is 11.2. The predicted molar refractivity (Wildman–Crippen MR) is 270 cm³/mol. The first-order valence-electron chi connectivity index (χ1n) is 22.4. The number of hydrogen-bond acceptors (Lipinski definition) is 3. The van der Waals surface area contributed by atoms with Gasteiger partial charge in [-0.2, -0.15) is 0 Å². The molecule has 0 unspecified atom stereocenters. The molecule has 0 radical (unpaired) electrons. The van der Waals surface area contributed by atoms with Crippen LogP contribution in [0, 0.1) is 0 Å². The van der Waals surface area contributed by atoms with E-state index in [4.69, 9.17) is 14.4 Å². The van der Waals surface area contributed by atoms with E-state index in [0.717, 1.165) is 66.5 Å². The van der Waals surface area contributed by atoms with E-state index in [2.05, 4.69) is 194 Å². The van der Waals surface area contributed by atoms with Gasteiger partial charge in [0.25, 0.3) is 0 Å². The van der Waals surface area contributed by atoms with E-state index in [1.165, 1.54) is 65.3 Å². The van der Waals surface area contributed by atoms with E-state index in [9.17, 15) is 0 Å². The van der Waals surface area contributed by atoms with Crippen molar-refractivity contribution >= 4 is 76.1 Å². The van der Waals surface area contributed by atoms with Gasteiger partial charge in [0.2, 0.25) is 0 Å². The minimum atomic E-state index is -0.0817. The zero-order chi connectivity index (χ0) is 43.0. The van der Waals surface area contributed by atoms with Crippen molar-refractivity contribution in [1.82, 2.24) is 14.5 Å². The lowest BCUT2D eigenvalue weighted by atomic mass is 9.81. The molecule has 0 atom stereocenters. The maximum Gasteiger partial charge on any atom is 0.159 e. The summed E-state index contributed by atoms with van der Waals surface area (Å²) in [6.07, 6.45) is 3.96. The van der Waals surface area contributed by atoms with Crippen LogP contribution in [0.15, 0.2) is 205 Å². The van der Waals surface area contributed by atoms with Crippen LogP contribution in [0.5, 0.6) is 0 Å². The molecular formula is C61H39N3O. The predicted octanol–water partition coefficient (Wildman–Crippen LogP) is 16.2. The first kappa shape index (κ1) is 36.2. The monoisotopic (exact) mass is 829 g/mol. The molecule has 10 aromatic carbocycles. The molecular weight excluding hydrogens is 791 g/mol. The Labute approximate surface area is 374 Å². The Balaban J connectivity index is 0.929. The molecule has 65 heavy (non-hydrogen) atoms. The van der Waals surface area contributed by atoms with E-state index in [1.54, 1.807) is 0 Å². The van der Waals surface area contributed by atoms with Crippen molar-refractivity contribution in [3.63, 3.8) is 0 Å². The van der Waals surface area contributed by atoms with Crippen molar-refractivity contribution in [3.05, 3.63) is 212 Å². The van der Waals surface area contributed by atoms with Crippen LogP contribution in [0.3, 0.4) is 0 Å². The molecule has 14 rings (SSSR count). The Morgan fingerprint density at radius 1 is 0.385 bits per heavy atom. The Hall–Kier alpha value is -8.34. The maximum absolute atomic E-state index is 6.60. The second kappa shape index (κ2) is 13.3. The molecule has 3 aromatic heterocycles. The highest BCUT2D eigenvalue weighted by Crippen LogP contribution is 2.51. The highest BCUT2D eigenvalue weighted by Gasteiger charge is 2.35. The van der Waals surface area contributed by atoms with Crippen LogP contribution in [-0.4, -0.2) is 14.5 Å². The average molecular weight is 830 g/mol. The lowest BCUT2D eigenvalue weighted by Crippen LogP contribution is -2.14. The summed E-state index contributed by atoms with van der Waals surface area (Å²) >= 11 is 0. The lowest BCUT2D eigenvalue weighted by molar-refractivity contribution is 0.661. The molecule has 304 valence electrons. The number of nitrogens with zero attached hydrogens (tertiary/aromatic N) is 3. The molecule has 1 aliphatic rings. The van der Waals surface area contributed by atoms with Crippen LogP contribution < -0.4 is 0 Å². The molecule has 0 bridgehead atoms. The van der Waals surface area contributed by atoms with Gasteiger partial charge in [0.1, 0.15) is 11.2 Å². The highest BCUT2D eigenvalue weighted by molar-refractivity contribution is 6.26. The number of fused-ring (bicyclic) bond motifs is 15. The van der Waals surface area contributed by atoms with Gasteiger partial charge >= 0.3 is 0 Å². The van der Waals surface area contributed by atoms with Gasteiger partial charge in [0, 0.05) is 61.7 Å². The van der Waals surface area contributed by atoms with Gasteiger partial charge in [-0.15, -0.1) is 0 Å². The molecule has 0 N–H and O–H groups in total. The van der Waals surface area contributed by atoms with Crippen molar-refractivity contribution in [2.45, 2.75) is 19.3 Å². The standard InChI is InChI=1S/C61H39N3O/c1-61(2)54-22-9-5-16-45(54)53-32-51-43-15-4-3-14-42(43)50-31-36(26-27-44(50)52(51)33-55(53)61)39-34-62-60(63-35-39)38-28-37(41-20-13-21-49-48-19-8-12-25-58(48)65-59(41)49)29-40(30-38)64-56-23-10-6-17-46(56)47-18-7-11-24-57(47)64/h3-35H,1-2H3. The zero-order valence-corrected chi connectivity index (χ0v) is 35.8. The van der Waals surface area contributed by atoms with Crippen LogP contribution in [0.4, 0.5) is 0 Å². The number of hydrogen-bond donors (Lipinski definition) is 0. The van der Waals surface area contributed by atoms with Crippen LogP contribution >= 0.6 is 0 Å². The largest absolute Gasteiger partial charge is 0.455 e. The summed E-state index contributed by atoms with van der Waals surface area (Å²) in [5.41, 5.74) is 15.5. The Bertz CT molecular complexity index is 4100. The van der Waals surface area contributed by atoms with E-state index >= 15 is 0 Å². The molecule has 0 saturated carbocycles. The fourth-order valence-corrected chi connectivity index (χ4v) is 11.2. The van der Waals surface area contributed by atoms with E-state index < -0.39 is 0 Å². The van der Waals surface area contributed by atoms with Crippen molar-refractivity contribution < 1.29 is 4.42 Å². The first-order chi connectivity index (χ1) is 32.0. The third-order valence-corrected chi connectivity index (χ3v) is 14.3. The molecule has 4 nitrogen and oxygen atoms in total. The maximum atomic E-state index is 6.60. The summed E-state index contributed by atoms with van der Waals surface area (Å²) in [7, 11) is 0. The van der Waals surface area contributed by atoms with Gasteiger partial charge in [-0.1, -0.05) is 147 Å².